The van der Waals surface area contributed by atoms with Crippen molar-refractivity contribution in [2.45, 2.75) is 0 Å². The summed E-state index contributed by atoms with van der Waals surface area (Å²) in [5, 5.41) is 24.8. The number of amides is 1. The van der Waals surface area contributed by atoms with Gasteiger partial charge in [0.05, 0.1) is 10.5 Å². The summed E-state index contributed by atoms with van der Waals surface area (Å²) in [5.41, 5.74) is 0.0190. The smallest absolute Gasteiger partial charge is 0.344 e. The summed E-state index contributed by atoms with van der Waals surface area (Å²) in [6, 6.07) is 26.5. The predicted octanol–water partition coefficient (Wildman–Crippen LogP) is 5.51. The molecule has 4 aromatic carbocycles. The number of rotatable bonds is 6. The van der Waals surface area contributed by atoms with E-state index in [0.717, 1.165) is 10.8 Å². The molecule has 8 heteroatoms. The predicted molar refractivity (Wildman–Crippen MR) is 131 cm³/mol. The van der Waals surface area contributed by atoms with Crippen LogP contribution in [0.2, 0.25) is 0 Å². The molecule has 0 atom stereocenters. The molecule has 0 radical (unpaired) electrons. The Balaban J connectivity index is 1.62. The van der Waals surface area contributed by atoms with Gasteiger partial charge in [0.1, 0.15) is 23.1 Å². The van der Waals surface area contributed by atoms with E-state index in [4.69, 9.17) is 4.74 Å². The number of nitro benzene ring substituents is 1. The third-order valence-corrected chi connectivity index (χ3v) is 5.15. The zero-order valence-electron chi connectivity index (χ0n) is 18.2. The van der Waals surface area contributed by atoms with Gasteiger partial charge in [-0.3, -0.25) is 14.9 Å². The summed E-state index contributed by atoms with van der Waals surface area (Å²) >= 11 is 0. The number of fused-ring (bicyclic) bond motifs is 1. The summed E-state index contributed by atoms with van der Waals surface area (Å²) < 4.78 is 5.62. The molecule has 1 amide bonds. The Morgan fingerprint density at radius 1 is 0.914 bits per heavy atom. The third kappa shape index (κ3) is 5.05. The van der Waals surface area contributed by atoms with Crippen molar-refractivity contribution in [1.82, 2.24) is 0 Å². The third-order valence-electron chi connectivity index (χ3n) is 5.15. The van der Waals surface area contributed by atoms with Crippen molar-refractivity contribution in [3.63, 3.8) is 0 Å². The lowest BCUT2D eigenvalue weighted by molar-refractivity contribution is -0.383. The molecule has 8 nitrogen and oxygen atoms in total. The van der Waals surface area contributed by atoms with E-state index in [1.807, 2.05) is 30.3 Å². The number of esters is 1. The summed E-state index contributed by atoms with van der Waals surface area (Å²) in [4.78, 5) is 36.2. The minimum atomic E-state index is -0.836. The fraction of sp³-hybridized carbons (Fsp3) is 0. The molecule has 0 aliphatic carbocycles. The van der Waals surface area contributed by atoms with Gasteiger partial charge in [-0.05, 0) is 35.0 Å². The highest BCUT2D eigenvalue weighted by atomic mass is 16.6. The highest BCUT2D eigenvalue weighted by Crippen LogP contribution is 2.26. The average Bonchev–Trinajstić information content (AvgIpc) is 2.87. The van der Waals surface area contributed by atoms with Crippen LogP contribution in [0.15, 0.2) is 96.6 Å². The van der Waals surface area contributed by atoms with Gasteiger partial charge in [0.25, 0.3) is 11.6 Å². The van der Waals surface area contributed by atoms with E-state index in [0.29, 0.717) is 11.1 Å². The number of carbonyl (C=O) groups excluding carboxylic acids is 2. The SMILES string of the molecule is N#C/C(=C/c1ccccc1OC(=O)c1cccc2ccccc12)C(=O)Nc1ccccc1[N+](=O)[O-]. The van der Waals surface area contributed by atoms with Crippen LogP contribution in [-0.2, 0) is 4.79 Å². The second kappa shape index (κ2) is 10.1. The first kappa shape index (κ1) is 22.9. The topological polar surface area (TPSA) is 122 Å². The Kier molecular flexibility index (Phi) is 6.61. The monoisotopic (exact) mass is 463 g/mol. The molecule has 4 aromatic rings. The van der Waals surface area contributed by atoms with Crippen LogP contribution < -0.4 is 10.1 Å². The van der Waals surface area contributed by atoms with Crippen LogP contribution in [0.5, 0.6) is 5.75 Å². The number of nitrogens with one attached hydrogen (secondary N) is 1. The number of hydrogen-bond acceptors (Lipinski definition) is 6. The zero-order chi connectivity index (χ0) is 24.8. The lowest BCUT2D eigenvalue weighted by Crippen LogP contribution is -2.15. The molecule has 0 aliphatic heterocycles. The van der Waals surface area contributed by atoms with Crippen LogP contribution in [0, 0.1) is 21.4 Å². The normalized spacial score (nSPS) is 10.9. The molecule has 1 N–H and O–H groups in total. The number of anilines is 1. The van der Waals surface area contributed by atoms with Crippen LogP contribution >= 0.6 is 0 Å². The van der Waals surface area contributed by atoms with Gasteiger partial charge >= 0.3 is 5.97 Å². The second-order valence-corrected chi connectivity index (χ2v) is 7.35. The van der Waals surface area contributed by atoms with Crippen molar-refractivity contribution in [3.05, 3.63) is 118 Å². The Bertz CT molecular complexity index is 1530. The lowest BCUT2D eigenvalue weighted by atomic mass is 10.0. The van der Waals surface area contributed by atoms with E-state index in [1.165, 1.54) is 30.3 Å². The van der Waals surface area contributed by atoms with Crippen LogP contribution in [0.4, 0.5) is 11.4 Å². The van der Waals surface area contributed by atoms with E-state index in [1.54, 1.807) is 42.5 Å². The van der Waals surface area contributed by atoms with E-state index in [9.17, 15) is 25.0 Å². The van der Waals surface area contributed by atoms with Gasteiger partial charge in [0.15, 0.2) is 0 Å². The van der Waals surface area contributed by atoms with Gasteiger partial charge in [0.2, 0.25) is 0 Å². The molecule has 0 aliphatic rings. The fourth-order valence-electron chi connectivity index (χ4n) is 3.48. The van der Waals surface area contributed by atoms with Crippen molar-refractivity contribution >= 4 is 40.1 Å². The Hall–Kier alpha value is -5.29. The van der Waals surface area contributed by atoms with Gasteiger partial charge < -0.3 is 10.1 Å². The number of nitrogens with zero attached hydrogens (tertiary/aromatic N) is 2. The van der Waals surface area contributed by atoms with Gasteiger partial charge in [0, 0.05) is 11.6 Å². The van der Waals surface area contributed by atoms with Gasteiger partial charge in [-0.1, -0.05) is 66.7 Å². The maximum atomic E-state index is 13.0. The highest BCUT2D eigenvalue weighted by Gasteiger charge is 2.19. The van der Waals surface area contributed by atoms with Gasteiger partial charge in [-0.25, -0.2) is 4.79 Å². The molecule has 0 saturated heterocycles. The Morgan fingerprint density at radius 3 is 2.40 bits per heavy atom. The largest absolute Gasteiger partial charge is 0.422 e. The summed E-state index contributed by atoms with van der Waals surface area (Å²) in [6.07, 6.45) is 1.26. The van der Waals surface area contributed by atoms with Crippen molar-refractivity contribution in [2.24, 2.45) is 0 Å². The maximum Gasteiger partial charge on any atom is 0.344 e. The first-order valence-corrected chi connectivity index (χ1v) is 10.4. The van der Waals surface area contributed by atoms with Gasteiger partial charge in [-0.15, -0.1) is 0 Å². The minimum absolute atomic E-state index is 0.0423. The average molecular weight is 463 g/mol. The van der Waals surface area contributed by atoms with Crippen LogP contribution in [-0.4, -0.2) is 16.8 Å². The van der Waals surface area contributed by atoms with E-state index < -0.39 is 16.8 Å². The van der Waals surface area contributed by atoms with Crippen LogP contribution in [0.25, 0.3) is 16.8 Å². The molecule has 0 spiro atoms. The fourth-order valence-corrected chi connectivity index (χ4v) is 3.48. The molecule has 0 bridgehead atoms. The van der Waals surface area contributed by atoms with Gasteiger partial charge in [-0.2, -0.15) is 5.26 Å². The molecule has 35 heavy (non-hydrogen) atoms. The number of para-hydroxylation sites is 3. The maximum absolute atomic E-state index is 13.0. The molecule has 0 unspecified atom stereocenters. The number of nitriles is 1. The molecular weight excluding hydrogens is 446 g/mol. The Labute approximate surface area is 199 Å². The number of nitro groups is 1. The zero-order valence-corrected chi connectivity index (χ0v) is 18.2. The molecule has 170 valence electrons. The standard InChI is InChI=1S/C27H17N3O5/c28-17-20(26(31)29-23-13-4-5-14-24(23)30(33)34)16-19-9-2-6-15-25(19)35-27(32)22-12-7-10-18-8-1-3-11-21(18)22/h1-16H,(H,29,31)/b20-16-. The van der Waals surface area contributed by atoms with Crippen molar-refractivity contribution < 1.29 is 19.2 Å². The van der Waals surface area contributed by atoms with E-state index in [-0.39, 0.29) is 22.7 Å². The number of hydrogen-bond donors (Lipinski definition) is 1. The summed E-state index contributed by atoms with van der Waals surface area (Å²) in [7, 11) is 0. The highest BCUT2D eigenvalue weighted by molar-refractivity contribution is 6.11. The van der Waals surface area contributed by atoms with E-state index >= 15 is 0 Å². The molecule has 0 saturated carbocycles. The second-order valence-electron chi connectivity index (χ2n) is 7.35. The van der Waals surface area contributed by atoms with E-state index in [2.05, 4.69) is 5.32 Å². The first-order chi connectivity index (χ1) is 17.0. The molecule has 0 fully saturated rings. The minimum Gasteiger partial charge on any atom is -0.422 e. The van der Waals surface area contributed by atoms with Crippen molar-refractivity contribution in [2.75, 3.05) is 5.32 Å². The first-order valence-electron chi connectivity index (χ1n) is 10.4. The number of benzene rings is 4. The Morgan fingerprint density at radius 2 is 1.60 bits per heavy atom. The molecule has 0 heterocycles. The summed E-state index contributed by atoms with van der Waals surface area (Å²) in [5.74, 6) is -1.28. The van der Waals surface area contributed by atoms with Crippen LogP contribution in [0.3, 0.4) is 0 Å². The van der Waals surface area contributed by atoms with Crippen molar-refractivity contribution in [1.29, 1.82) is 5.26 Å². The molecule has 4 rings (SSSR count). The number of ether oxygens (including phenoxy) is 1. The summed E-state index contributed by atoms with van der Waals surface area (Å²) in [6.45, 7) is 0. The molecule has 0 aromatic heterocycles. The number of carbonyl (C=O) groups is 2. The van der Waals surface area contributed by atoms with Crippen LogP contribution in [0.1, 0.15) is 15.9 Å². The van der Waals surface area contributed by atoms with Crippen molar-refractivity contribution in [3.8, 4) is 11.8 Å². The lowest BCUT2D eigenvalue weighted by Gasteiger charge is -2.10. The molecular formula is C27H17N3O5. The quantitative estimate of drug-likeness (QED) is 0.100.